The third kappa shape index (κ3) is 9.63. The number of benzene rings is 1. The molecule has 0 aliphatic rings. The Kier molecular flexibility index (Phi) is 10.6. The molecule has 0 atom stereocenters. The van der Waals surface area contributed by atoms with Crippen molar-refractivity contribution in [2.45, 2.75) is 26.8 Å². The predicted molar refractivity (Wildman–Crippen MR) is 133 cm³/mol. The first-order chi connectivity index (χ1) is 16.5. The molecular formula is C22H27N4O7PS. The fraction of sp³-hybridized carbons (Fsp3) is 0.273. The number of nitrogens with two attached hydrogens (primary N) is 1. The van der Waals surface area contributed by atoms with Crippen LogP contribution in [0, 0.1) is 6.92 Å². The first kappa shape index (κ1) is 28.2. The number of phosphoric acid groups is 1. The topological polar surface area (TPSA) is 165 Å². The zero-order chi connectivity index (χ0) is 26.0. The van der Waals surface area contributed by atoms with Crippen molar-refractivity contribution in [3.8, 4) is 5.75 Å². The Morgan fingerprint density at radius 2 is 1.97 bits per heavy atom. The van der Waals surface area contributed by atoms with Crippen LogP contribution in [0.1, 0.15) is 30.3 Å². The molecule has 0 saturated carbocycles. The maximum Gasteiger partial charge on any atom is 0.469 e. The first-order valence-corrected chi connectivity index (χ1v) is 12.6. The predicted octanol–water partition coefficient (Wildman–Crippen LogP) is 3.04. The van der Waals surface area contributed by atoms with Crippen molar-refractivity contribution in [1.29, 1.82) is 0 Å². The summed E-state index contributed by atoms with van der Waals surface area (Å²) in [5.41, 5.74) is 7.60. The van der Waals surface area contributed by atoms with Crippen LogP contribution in [-0.4, -0.2) is 49.9 Å². The Labute approximate surface area is 207 Å². The largest absolute Gasteiger partial charge is 0.497 e. The van der Waals surface area contributed by atoms with E-state index in [4.69, 9.17) is 20.3 Å². The van der Waals surface area contributed by atoms with Gasteiger partial charge in [0.25, 0.3) is 0 Å². The smallest absolute Gasteiger partial charge is 0.469 e. The van der Waals surface area contributed by atoms with Gasteiger partial charge in [-0.15, -0.1) is 0 Å². The zero-order valence-corrected chi connectivity index (χ0v) is 21.2. The van der Waals surface area contributed by atoms with Crippen LogP contribution in [0.25, 0.3) is 6.08 Å². The standard InChI is InChI=1S/C22H27N4O7PS/c1-15(26(14-27)13-18-12-24-16(2)25-22(18)23)20(10-11-33-34(29,30)31)35-21(28)9-6-17-4-7-19(32-3)8-5-17/h4-9,12,14H,10-11,13H2,1-3H3,(H2,23,24,25)(H2,29,30,31)/b9-6+,20-15-. The minimum atomic E-state index is -4.70. The van der Waals surface area contributed by atoms with Gasteiger partial charge in [-0.1, -0.05) is 18.2 Å². The molecule has 1 heterocycles. The molecule has 11 nitrogen and oxygen atoms in total. The highest BCUT2D eigenvalue weighted by Crippen LogP contribution is 2.37. The number of amides is 1. The number of thioether (sulfide) groups is 1. The average molecular weight is 523 g/mol. The number of rotatable bonds is 12. The van der Waals surface area contributed by atoms with E-state index in [2.05, 4.69) is 14.5 Å². The van der Waals surface area contributed by atoms with Crippen LogP contribution in [-0.2, 0) is 25.2 Å². The number of carbonyl (C=O) groups is 2. The van der Waals surface area contributed by atoms with Gasteiger partial charge in [0.1, 0.15) is 17.4 Å². The Balaban J connectivity index is 2.24. The lowest BCUT2D eigenvalue weighted by Crippen LogP contribution is -2.22. The van der Waals surface area contributed by atoms with Crippen LogP contribution in [0.5, 0.6) is 5.75 Å². The van der Waals surface area contributed by atoms with Crippen molar-refractivity contribution in [3.63, 3.8) is 0 Å². The molecule has 1 aromatic heterocycles. The maximum atomic E-state index is 12.7. The summed E-state index contributed by atoms with van der Waals surface area (Å²) >= 11 is 0.824. The van der Waals surface area contributed by atoms with Gasteiger partial charge in [-0.3, -0.25) is 14.1 Å². The summed E-state index contributed by atoms with van der Waals surface area (Å²) in [7, 11) is -3.14. The van der Waals surface area contributed by atoms with Crippen LogP contribution in [0.2, 0.25) is 0 Å². The second kappa shape index (κ2) is 13.2. The van der Waals surface area contributed by atoms with Crippen molar-refractivity contribution >= 4 is 43.0 Å². The molecule has 35 heavy (non-hydrogen) atoms. The van der Waals surface area contributed by atoms with Gasteiger partial charge in [-0.25, -0.2) is 14.5 Å². The number of hydrogen-bond donors (Lipinski definition) is 3. The molecule has 0 fully saturated rings. The number of allylic oxidation sites excluding steroid dienone is 1. The lowest BCUT2D eigenvalue weighted by molar-refractivity contribution is -0.117. The molecule has 0 aliphatic heterocycles. The number of aryl methyl sites for hydroxylation is 1. The number of ether oxygens (including phenoxy) is 1. The summed E-state index contributed by atoms with van der Waals surface area (Å²) in [5.74, 6) is 1.38. The first-order valence-electron chi connectivity index (χ1n) is 10.3. The molecule has 1 amide bonds. The molecule has 0 saturated heterocycles. The Hall–Kier alpha value is -3.02. The van der Waals surface area contributed by atoms with Crippen molar-refractivity contribution in [3.05, 3.63) is 64.1 Å². The fourth-order valence-corrected chi connectivity index (χ4v) is 3.97. The molecule has 4 N–H and O–H groups in total. The van der Waals surface area contributed by atoms with Crippen molar-refractivity contribution in [2.75, 3.05) is 19.5 Å². The number of hydrogen-bond acceptors (Lipinski definition) is 9. The highest BCUT2D eigenvalue weighted by molar-refractivity contribution is 8.17. The highest BCUT2D eigenvalue weighted by atomic mass is 32.2. The van der Waals surface area contributed by atoms with Crippen molar-refractivity contribution < 1.29 is 33.2 Å². The van der Waals surface area contributed by atoms with E-state index in [0.717, 1.165) is 17.3 Å². The number of nitrogens with zero attached hydrogens (tertiary/aromatic N) is 3. The summed E-state index contributed by atoms with van der Waals surface area (Å²) in [6, 6.07) is 7.08. The van der Waals surface area contributed by atoms with E-state index in [9.17, 15) is 14.2 Å². The molecule has 0 bridgehead atoms. The molecular weight excluding hydrogens is 495 g/mol. The van der Waals surface area contributed by atoms with Gasteiger partial charge in [-0.05, 0) is 49.4 Å². The highest BCUT2D eigenvalue weighted by Gasteiger charge is 2.19. The molecule has 0 spiro atoms. The minimum Gasteiger partial charge on any atom is -0.497 e. The summed E-state index contributed by atoms with van der Waals surface area (Å²) in [6.45, 7) is 2.98. The molecule has 188 valence electrons. The molecule has 2 rings (SSSR count). The van der Waals surface area contributed by atoms with E-state index in [1.165, 1.54) is 17.2 Å². The number of aromatic nitrogens is 2. The maximum absolute atomic E-state index is 12.7. The SMILES string of the molecule is COc1ccc(/C=C/C(=O)S/C(CCOP(=O)(O)O)=C(/C)N(C=O)Cc2cnc(C)nc2N)cc1. The Morgan fingerprint density at radius 1 is 1.29 bits per heavy atom. The van der Waals surface area contributed by atoms with Crippen molar-refractivity contribution in [1.82, 2.24) is 14.9 Å². The van der Waals surface area contributed by atoms with Crippen LogP contribution in [0.15, 0.2) is 47.1 Å². The average Bonchev–Trinajstić information content (AvgIpc) is 2.81. The van der Waals surface area contributed by atoms with Crippen LogP contribution < -0.4 is 10.5 Å². The van der Waals surface area contributed by atoms with E-state index in [1.807, 2.05) is 0 Å². The van der Waals surface area contributed by atoms with Gasteiger partial charge in [0.05, 0.1) is 20.3 Å². The number of methoxy groups -OCH3 is 1. The second-order valence-electron chi connectivity index (χ2n) is 7.17. The van der Waals surface area contributed by atoms with Gasteiger partial charge in [0, 0.05) is 28.8 Å². The number of nitrogen functional groups attached to an aromatic ring is 1. The summed E-state index contributed by atoms with van der Waals surface area (Å²) in [6.07, 6.45) is 5.04. The Morgan fingerprint density at radius 3 is 2.54 bits per heavy atom. The van der Waals surface area contributed by atoms with Gasteiger partial charge in [0.2, 0.25) is 11.5 Å². The monoisotopic (exact) mass is 522 g/mol. The van der Waals surface area contributed by atoms with Crippen LogP contribution >= 0.6 is 19.6 Å². The minimum absolute atomic E-state index is 0.0199. The third-order valence-electron chi connectivity index (χ3n) is 4.66. The normalized spacial score (nSPS) is 12.4. The van der Waals surface area contributed by atoms with Crippen LogP contribution in [0.3, 0.4) is 0 Å². The van der Waals surface area contributed by atoms with Gasteiger partial charge >= 0.3 is 7.82 Å². The van der Waals surface area contributed by atoms with E-state index in [-0.39, 0.29) is 30.5 Å². The van der Waals surface area contributed by atoms with E-state index in [1.54, 1.807) is 51.3 Å². The van der Waals surface area contributed by atoms with E-state index < -0.39 is 7.82 Å². The van der Waals surface area contributed by atoms with Gasteiger partial charge in [-0.2, -0.15) is 0 Å². The van der Waals surface area contributed by atoms with E-state index in [0.29, 0.717) is 34.1 Å². The number of anilines is 1. The number of carbonyl (C=O) groups excluding carboxylic acids is 2. The van der Waals surface area contributed by atoms with Gasteiger partial charge in [0.15, 0.2) is 0 Å². The van der Waals surface area contributed by atoms with Gasteiger partial charge < -0.3 is 25.2 Å². The van der Waals surface area contributed by atoms with E-state index >= 15 is 0 Å². The summed E-state index contributed by atoms with van der Waals surface area (Å²) < 4.78 is 20.7. The quantitative estimate of drug-likeness (QED) is 0.213. The number of phosphoric ester groups is 1. The lowest BCUT2D eigenvalue weighted by atomic mass is 10.2. The van der Waals surface area contributed by atoms with Crippen molar-refractivity contribution in [2.24, 2.45) is 0 Å². The third-order valence-corrected chi connectivity index (χ3v) is 6.26. The fourth-order valence-electron chi connectivity index (χ4n) is 2.81. The second-order valence-corrected chi connectivity index (χ2v) is 9.51. The van der Waals surface area contributed by atoms with Crippen LogP contribution in [0.4, 0.5) is 5.82 Å². The molecule has 1 aromatic carbocycles. The summed E-state index contributed by atoms with van der Waals surface area (Å²) in [4.78, 5) is 52.3. The molecule has 0 radical (unpaired) electrons. The Bertz CT molecular complexity index is 1150. The molecule has 2 aromatic rings. The summed E-state index contributed by atoms with van der Waals surface area (Å²) in [5, 5.41) is -0.352. The lowest BCUT2D eigenvalue weighted by Gasteiger charge is -2.22. The zero-order valence-electron chi connectivity index (χ0n) is 19.5. The molecule has 0 unspecified atom stereocenters. The molecule has 0 aliphatic carbocycles. The molecule has 13 heteroatoms.